The molecule has 1 saturated carbocycles. The van der Waals surface area contributed by atoms with Crippen molar-refractivity contribution in [2.75, 3.05) is 0 Å². The highest BCUT2D eigenvalue weighted by atomic mass is 14.3. The highest BCUT2D eigenvalue weighted by Gasteiger charge is 2.22. The Morgan fingerprint density at radius 3 is 2.28 bits per heavy atom. The predicted octanol–water partition coefficient (Wildman–Crippen LogP) is 8.13. The molecular weight excluding hydrogens is 300 g/mol. The fourth-order valence-corrected chi connectivity index (χ4v) is 4.84. The summed E-state index contributed by atoms with van der Waals surface area (Å²) in [4.78, 5) is 0. The minimum atomic E-state index is 0.821. The zero-order valence-corrected chi connectivity index (χ0v) is 16.6. The molecule has 1 unspecified atom stereocenters. The summed E-state index contributed by atoms with van der Waals surface area (Å²) in [6.07, 6.45) is 19.3. The van der Waals surface area contributed by atoms with Gasteiger partial charge in [0.1, 0.15) is 0 Å². The molecule has 138 valence electrons. The number of hydrogen-bond acceptors (Lipinski definition) is 0. The maximum atomic E-state index is 2.48. The van der Waals surface area contributed by atoms with Crippen LogP contribution in [-0.2, 0) is 0 Å². The standard InChI is InChI=1S/C25H38/c1-3-4-5-6-7-21-10-14-23(15-11-21)25-18-16-24(17-19-25)22-12-8-20(2)9-13-22/h12,16-21,23H,3-11,13-15H2,1-2H3. The van der Waals surface area contributed by atoms with E-state index in [1.165, 1.54) is 82.6 Å². The number of hydrogen-bond donors (Lipinski definition) is 0. The summed E-state index contributed by atoms with van der Waals surface area (Å²) in [5.74, 6) is 2.71. The molecule has 25 heavy (non-hydrogen) atoms. The number of allylic oxidation sites excluding steroid dienone is 2. The Kier molecular flexibility index (Phi) is 7.20. The Labute approximate surface area is 156 Å². The van der Waals surface area contributed by atoms with Crippen molar-refractivity contribution in [1.82, 2.24) is 0 Å². The first kappa shape index (κ1) is 18.7. The average molecular weight is 339 g/mol. The maximum absolute atomic E-state index is 2.48. The van der Waals surface area contributed by atoms with Crippen LogP contribution >= 0.6 is 0 Å². The normalized spacial score (nSPS) is 27.1. The topological polar surface area (TPSA) is 0 Å². The van der Waals surface area contributed by atoms with Gasteiger partial charge in [-0.25, -0.2) is 0 Å². The molecule has 0 heterocycles. The number of benzene rings is 1. The van der Waals surface area contributed by atoms with Crippen molar-refractivity contribution in [3.63, 3.8) is 0 Å². The van der Waals surface area contributed by atoms with Crippen LogP contribution in [-0.4, -0.2) is 0 Å². The molecule has 2 aliphatic carbocycles. The van der Waals surface area contributed by atoms with Crippen molar-refractivity contribution in [2.45, 2.75) is 96.8 Å². The zero-order chi connectivity index (χ0) is 17.5. The van der Waals surface area contributed by atoms with Gasteiger partial charge in [-0.15, -0.1) is 0 Å². The van der Waals surface area contributed by atoms with Gasteiger partial charge in [0.05, 0.1) is 0 Å². The monoisotopic (exact) mass is 338 g/mol. The largest absolute Gasteiger partial charge is 0.0805 e. The molecule has 0 aliphatic heterocycles. The molecule has 1 aromatic rings. The van der Waals surface area contributed by atoms with Crippen LogP contribution in [0.2, 0.25) is 0 Å². The van der Waals surface area contributed by atoms with Gasteiger partial charge < -0.3 is 0 Å². The number of unbranched alkanes of at least 4 members (excludes halogenated alkanes) is 3. The first-order chi connectivity index (χ1) is 12.3. The molecule has 0 amide bonds. The van der Waals surface area contributed by atoms with Crippen molar-refractivity contribution < 1.29 is 0 Å². The number of rotatable bonds is 7. The summed E-state index contributed by atoms with van der Waals surface area (Å²) in [6, 6.07) is 9.66. The van der Waals surface area contributed by atoms with Crippen LogP contribution in [0, 0.1) is 11.8 Å². The lowest BCUT2D eigenvalue weighted by Gasteiger charge is -2.29. The smallest absolute Gasteiger partial charge is 0.0162 e. The van der Waals surface area contributed by atoms with E-state index in [0.717, 1.165) is 17.8 Å². The van der Waals surface area contributed by atoms with Gasteiger partial charge in [-0.1, -0.05) is 76.3 Å². The van der Waals surface area contributed by atoms with E-state index in [1.807, 2.05) is 0 Å². The lowest BCUT2D eigenvalue weighted by atomic mass is 9.76. The molecule has 3 rings (SSSR count). The second kappa shape index (κ2) is 9.60. The minimum absolute atomic E-state index is 0.821. The molecule has 1 atom stereocenters. The lowest BCUT2D eigenvalue weighted by molar-refractivity contribution is 0.302. The van der Waals surface area contributed by atoms with Gasteiger partial charge in [-0.3, -0.25) is 0 Å². The molecule has 0 radical (unpaired) electrons. The van der Waals surface area contributed by atoms with Crippen molar-refractivity contribution in [3.8, 4) is 0 Å². The van der Waals surface area contributed by atoms with Gasteiger partial charge in [-0.05, 0) is 79.4 Å². The van der Waals surface area contributed by atoms with Crippen LogP contribution in [0.15, 0.2) is 30.3 Å². The Morgan fingerprint density at radius 2 is 1.64 bits per heavy atom. The third kappa shape index (κ3) is 5.47. The third-order valence-corrected chi connectivity index (χ3v) is 6.74. The molecule has 1 fully saturated rings. The van der Waals surface area contributed by atoms with Crippen molar-refractivity contribution in [1.29, 1.82) is 0 Å². The van der Waals surface area contributed by atoms with Gasteiger partial charge >= 0.3 is 0 Å². The summed E-state index contributed by atoms with van der Waals surface area (Å²) < 4.78 is 0. The van der Waals surface area contributed by atoms with Crippen LogP contribution in [0.1, 0.15) is 108 Å². The average Bonchev–Trinajstić information content (AvgIpc) is 2.67. The first-order valence-electron chi connectivity index (χ1n) is 11.1. The summed E-state index contributed by atoms with van der Waals surface area (Å²) >= 11 is 0. The summed E-state index contributed by atoms with van der Waals surface area (Å²) in [6.45, 7) is 4.68. The van der Waals surface area contributed by atoms with Gasteiger partial charge in [0, 0.05) is 0 Å². The van der Waals surface area contributed by atoms with E-state index in [4.69, 9.17) is 0 Å². The highest BCUT2D eigenvalue weighted by molar-refractivity contribution is 5.66. The second-order valence-corrected chi connectivity index (χ2v) is 8.80. The van der Waals surface area contributed by atoms with E-state index in [1.54, 1.807) is 11.1 Å². The van der Waals surface area contributed by atoms with Crippen molar-refractivity contribution >= 4 is 5.57 Å². The van der Waals surface area contributed by atoms with E-state index in [9.17, 15) is 0 Å². The minimum Gasteiger partial charge on any atom is -0.0805 e. The van der Waals surface area contributed by atoms with Crippen LogP contribution < -0.4 is 0 Å². The van der Waals surface area contributed by atoms with Crippen LogP contribution in [0.3, 0.4) is 0 Å². The van der Waals surface area contributed by atoms with Crippen LogP contribution in [0.4, 0.5) is 0 Å². The van der Waals surface area contributed by atoms with E-state index >= 15 is 0 Å². The van der Waals surface area contributed by atoms with E-state index in [-0.39, 0.29) is 0 Å². The second-order valence-electron chi connectivity index (χ2n) is 8.80. The van der Waals surface area contributed by atoms with Gasteiger partial charge in [0.15, 0.2) is 0 Å². The van der Waals surface area contributed by atoms with Gasteiger partial charge in [0.25, 0.3) is 0 Å². The third-order valence-electron chi connectivity index (χ3n) is 6.74. The van der Waals surface area contributed by atoms with E-state index in [2.05, 4.69) is 44.2 Å². The Morgan fingerprint density at radius 1 is 0.880 bits per heavy atom. The molecule has 0 nitrogen and oxygen atoms in total. The van der Waals surface area contributed by atoms with E-state index < -0.39 is 0 Å². The van der Waals surface area contributed by atoms with Crippen LogP contribution in [0.25, 0.3) is 5.57 Å². The van der Waals surface area contributed by atoms with Crippen molar-refractivity contribution in [2.24, 2.45) is 11.8 Å². The fraction of sp³-hybridized carbons (Fsp3) is 0.680. The first-order valence-corrected chi connectivity index (χ1v) is 11.1. The van der Waals surface area contributed by atoms with Gasteiger partial charge in [0.2, 0.25) is 0 Å². The van der Waals surface area contributed by atoms with E-state index in [0.29, 0.717) is 0 Å². The molecule has 0 bridgehead atoms. The molecule has 0 heteroatoms. The molecule has 2 aliphatic rings. The maximum Gasteiger partial charge on any atom is -0.0162 e. The zero-order valence-electron chi connectivity index (χ0n) is 16.6. The Bertz CT molecular complexity index is 528. The SMILES string of the molecule is CCCCCCC1CCC(c2ccc(C3=CCC(C)CC3)cc2)CC1. The van der Waals surface area contributed by atoms with Crippen molar-refractivity contribution in [3.05, 3.63) is 41.5 Å². The molecule has 1 aromatic carbocycles. The van der Waals surface area contributed by atoms with Gasteiger partial charge in [-0.2, -0.15) is 0 Å². The fourth-order valence-electron chi connectivity index (χ4n) is 4.84. The predicted molar refractivity (Wildman–Crippen MR) is 111 cm³/mol. The Hall–Kier alpha value is -1.04. The molecular formula is C25H38. The summed E-state index contributed by atoms with van der Waals surface area (Å²) in [5, 5.41) is 0. The molecule has 0 aromatic heterocycles. The lowest BCUT2D eigenvalue weighted by Crippen LogP contribution is -2.13. The Balaban J connectivity index is 1.47. The molecule has 0 N–H and O–H groups in total. The highest BCUT2D eigenvalue weighted by Crippen LogP contribution is 2.38. The summed E-state index contributed by atoms with van der Waals surface area (Å²) in [5.41, 5.74) is 4.65. The summed E-state index contributed by atoms with van der Waals surface area (Å²) in [7, 11) is 0. The quantitative estimate of drug-likeness (QED) is 0.440. The molecule has 0 spiro atoms. The molecule has 0 saturated heterocycles. The van der Waals surface area contributed by atoms with Crippen LogP contribution in [0.5, 0.6) is 0 Å².